The highest BCUT2D eigenvalue weighted by molar-refractivity contribution is 7.98. The van der Waals surface area contributed by atoms with Gasteiger partial charge < -0.3 is 10.6 Å². The molecule has 1 aromatic rings. The molecule has 0 aromatic heterocycles. The predicted octanol–water partition coefficient (Wildman–Crippen LogP) is 3.23. The second-order valence-corrected chi connectivity index (χ2v) is 6.09. The molecular weight excluding hydrogens is 266 g/mol. The number of nitrogens with two attached hydrogens (primary N) is 1. The number of hydrogen-bond acceptors (Lipinski definition) is 4. The van der Waals surface area contributed by atoms with Crippen LogP contribution in [0.2, 0.25) is 0 Å². The third kappa shape index (κ3) is 2.79. The van der Waals surface area contributed by atoms with E-state index < -0.39 is 0 Å². The molecule has 2 atom stereocenters. The largest absolute Gasteiger partial charge is 0.367 e. The Balaban J connectivity index is 2.39. The minimum atomic E-state index is 0.481. The summed E-state index contributed by atoms with van der Waals surface area (Å²) in [6.07, 6.45) is 5.66. The van der Waals surface area contributed by atoms with Crippen LogP contribution >= 0.6 is 11.8 Å². The first-order valence-electron chi connectivity index (χ1n) is 7.30. The van der Waals surface area contributed by atoms with Crippen LogP contribution in [0, 0.1) is 17.2 Å². The normalized spacial score (nSPS) is 21.7. The van der Waals surface area contributed by atoms with Crippen molar-refractivity contribution >= 4 is 17.4 Å². The van der Waals surface area contributed by atoms with Crippen molar-refractivity contribution in [2.45, 2.75) is 37.1 Å². The summed E-state index contributed by atoms with van der Waals surface area (Å²) >= 11 is 1.64. The zero-order chi connectivity index (χ0) is 14.5. The van der Waals surface area contributed by atoms with Crippen molar-refractivity contribution in [3.63, 3.8) is 0 Å². The Labute approximate surface area is 126 Å². The Hall–Kier alpha value is -1.18. The van der Waals surface area contributed by atoms with E-state index in [4.69, 9.17) is 5.73 Å². The Morgan fingerprint density at radius 2 is 2.25 bits per heavy atom. The highest BCUT2D eigenvalue weighted by Gasteiger charge is 2.31. The molecule has 0 radical (unpaired) electrons. The van der Waals surface area contributed by atoms with Gasteiger partial charge in [-0.3, -0.25) is 0 Å². The Kier molecular flexibility index (Phi) is 5.33. The number of nitriles is 1. The van der Waals surface area contributed by atoms with Crippen LogP contribution in [0.1, 0.15) is 31.7 Å². The van der Waals surface area contributed by atoms with Crippen molar-refractivity contribution in [1.82, 2.24) is 0 Å². The van der Waals surface area contributed by atoms with E-state index in [0.717, 1.165) is 29.2 Å². The maximum Gasteiger partial charge on any atom is 0.103 e. The second-order valence-electron chi connectivity index (χ2n) is 5.25. The minimum absolute atomic E-state index is 0.481. The Morgan fingerprint density at radius 1 is 1.45 bits per heavy atom. The summed E-state index contributed by atoms with van der Waals surface area (Å²) in [5, 5.41) is 9.53. The molecule has 1 aromatic carbocycles. The molecule has 0 saturated heterocycles. The SMILES string of the molecule is CCN(c1cccc(SC)c1C#N)C1CCCC1CN. The fourth-order valence-electron chi connectivity index (χ4n) is 3.33. The van der Waals surface area contributed by atoms with Crippen molar-refractivity contribution in [2.75, 3.05) is 24.2 Å². The van der Waals surface area contributed by atoms with Gasteiger partial charge in [-0.1, -0.05) is 12.5 Å². The molecule has 2 N–H and O–H groups in total. The fourth-order valence-corrected chi connectivity index (χ4v) is 3.90. The van der Waals surface area contributed by atoms with E-state index in [-0.39, 0.29) is 0 Å². The standard InChI is InChI=1S/C16H23N3S/c1-3-19(14-7-4-6-12(14)10-17)15-8-5-9-16(20-2)13(15)11-18/h5,8-9,12,14H,3-4,6-7,10,17H2,1-2H3. The van der Waals surface area contributed by atoms with Crippen LogP contribution in [0.15, 0.2) is 23.1 Å². The topological polar surface area (TPSA) is 53.0 Å². The molecule has 1 saturated carbocycles. The molecule has 1 aliphatic rings. The van der Waals surface area contributed by atoms with Gasteiger partial charge in [0.25, 0.3) is 0 Å². The fraction of sp³-hybridized carbons (Fsp3) is 0.562. The summed E-state index contributed by atoms with van der Waals surface area (Å²) in [6.45, 7) is 3.83. The summed E-state index contributed by atoms with van der Waals surface area (Å²) in [5.41, 5.74) is 7.81. The Morgan fingerprint density at radius 3 is 2.85 bits per heavy atom. The van der Waals surface area contributed by atoms with Crippen LogP contribution < -0.4 is 10.6 Å². The number of nitrogens with zero attached hydrogens (tertiary/aromatic N) is 2. The van der Waals surface area contributed by atoms with E-state index in [9.17, 15) is 5.26 Å². The number of hydrogen-bond donors (Lipinski definition) is 1. The third-order valence-corrected chi connectivity index (χ3v) is 5.09. The van der Waals surface area contributed by atoms with E-state index in [1.54, 1.807) is 11.8 Å². The van der Waals surface area contributed by atoms with Crippen LogP contribution in [0.5, 0.6) is 0 Å². The van der Waals surface area contributed by atoms with Crippen LogP contribution in [-0.4, -0.2) is 25.4 Å². The van der Waals surface area contributed by atoms with Gasteiger partial charge in [-0.2, -0.15) is 5.26 Å². The quantitative estimate of drug-likeness (QED) is 0.846. The van der Waals surface area contributed by atoms with Crippen LogP contribution in [0.25, 0.3) is 0 Å². The highest BCUT2D eigenvalue weighted by Crippen LogP contribution is 2.36. The summed E-state index contributed by atoms with van der Waals surface area (Å²) < 4.78 is 0. The molecule has 0 bridgehead atoms. The highest BCUT2D eigenvalue weighted by atomic mass is 32.2. The van der Waals surface area contributed by atoms with Crippen molar-refractivity contribution < 1.29 is 0 Å². The van der Waals surface area contributed by atoms with Crippen molar-refractivity contribution in [1.29, 1.82) is 5.26 Å². The number of thioether (sulfide) groups is 1. The average molecular weight is 289 g/mol. The first-order chi connectivity index (χ1) is 9.76. The maximum atomic E-state index is 9.53. The van der Waals surface area contributed by atoms with Gasteiger partial charge in [0.15, 0.2) is 0 Å². The van der Waals surface area contributed by atoms with Crippen LogP contribution in [0.4, 0.5) is 5.69 Å². The number of benzene rings is 1. The smallest absolute Gasteiger partial charge is 0.103 e. The summed E-state index contributed by atoms with van der Waals surface area (Å²) in [5.74, 6) is 0.555. The summed E-state index contributed by atoms with van der Waals surface area (Å²) in [6, 6.07) is 9.03. The molecule has 0 spiro atoms. The van der Waals surface area contributed by atoms with Gasteiger partial charge in [0.05, 0.1) is 11.3 Å². The van der Waals surface area contributed by atoms with E-state index in [2.05, 4.69) is 30.0 Å². The van der Waals surface area contributed by atoms with Crippen molar-refractivity contribution in [3.05, 3.63) is 23.8 Å². The lowest BCUT2D eigenvalue weighted by atomic mass is 10.0. The van der Waals surface area contributed by atoms with Gasteiger partial charge in [0.1, 0.15) is 6.07 Å². The van der Waals surface area contributed by atoms with E-state index in [1.165, 1.54) is 19.3 Å². The second kappa shape index (κ2) is 7.01. The van der Waals surface area contributed by atoms with Gasteiger partial charge in [-0.25, -0.2) is 0 Å². The van der Waals surface area contributed by atoms with E-state index in [0.29, 0.717) is 12.0 Å². The first-order valence-corrected chi connectivity index (χ1v) is 8.53. The lowest BCUT2D eigenvalue weighted by Crippen LogP contribution is -2.40. The average Bonchev–Trinajstić information content (AvgIpc) is 2.96. The zero-order valence-corrected chi connectivity index (χ0v) is 13.1. The Bertz CT molecular complexity index is 495. The van der Waals surface area contributed by atoms with Crippen LogP contribution in [-0.2, 0) is 0 Å². The molecule has 0 heterocycles. The number of anilines is 1. The molecule has 1 fully saturated rings. The van der Waals surface area contributed by atoms with Crippen molar-refractivity contribution in [2.24, 2.45) is 11.7 Å². The van der Waals surface area contributed by atoms with Gasteiger partial charge in [-0.05, 0) is 50.6 Å². The number of rotatable bonds is 5. The zero-order valence-electron chi connectivity index (χ0n) is 12.3. The summed E-state index contributed by atoms with van der Waals surface area (Å²) in [7, 11) is 0. The molecular formula is C16H23N3S. The van der Waals surface area contributed by atoms with Gasteiger partial charge >= 0.3 is 0 Å². The molecule has 0 aliphatic heterocycles. The molecule has 2 rings (SSSR count). The maximum absolute atomic E-state index is 9.53. The first kappa shape index (κ1) is 15.2. The molecule has 3 nitrogen and oxygen atoms in total. The van der Waals surface area contributed by atoms with E-state index in [1.807, 2.05) is 12.3 Å². The van der Waals surface area contributed by atoms with E-state index >= 15 is 0 Å². The van der Waals surface area contributed by atoms with Gasteiger partial charge in [0.2, 0.25) is 0 Å². The van der Waals surface area contributed by atoms with Gasteiger partial charge in [0, 0.05) is 17.5 Å². The molecule has 1 aliphatic carbocycles. The summed E-state index contributed by atoms with van der Waals surface area (Å²) in [4.78, 5) is 3.45. The molecule has 4 heteroatoms. The van der Waals surface area contributed by atoms with Crippen LogP contribution in [0.3, 0.4) is 0 Å². The lowest BCUT2D eigenvalue weighted by Gasteiger charge is -2.34. The monoisotopic (exact) mass is 289 g/mol. The third-order valence-electron chi connectivity index (χ3n) is 4.31. The molecule has 0 amide bonds. The molecule has 2 unspecified atom stereocenters. The molecule has 108 valence electrons. The van der Waals surface area contributed by atoms with Crippen molar-refractivity contribution in [3.8, 4) is 6.07 Å². The predicted molar refractivity (Wildman–Crippen MR) is 86.1 cm³/mol. The van der Waals surface area contributed by atoms with Gasteiger partial charge in [-0.15, -0.1) is 11.8 Å². The minimum Gasteiger partial charge on any atom is -0.367 e. The lowest BCUT2D eigenvalue weighted by molar-refractivity contribution is 0.461. The molecule has 20 heavy (non-hydrogen) atoms.